The number of rotatable bonds is 4. The molecule has 2 amide bonds. The molecule has 0 unspecified atom stereocenters. The number of nitro benzene ring substituents is 1. The molecule has 1 heterocycles. The molecule has 7 nitrogen and oxygen atoms in total. The van der Waals surface area contributed by atoms with E-state index in [1.807, 2.05) is 23.6 Å². The van der Waals surface area contributed by atoms with E-state index in [0.717, 1.165) is 30.2 Å². The number of halogens is 1. The van der Waals surface area contributed by atoms with Gasteiger partial charge in [0, 0.05) is 47.5 Å². The lowest BCUT2D eigenvalue weighted by Crippen LogP contribution is -2.37. The first-order chi connectivity index (χ1) is 13.4. The SMILES string of the molecule is Cc1cc(C(=O)N2CCSCC2)ccc1NC(=O)c1ccc(Br)c([N+](=O)[O-])c1. The molecule has 0 atom stereocenters. The van der Waals surface area contributed by atoms with Gasteiger partial charge >= 0.3 is 0 Å². The van der Waals surface area contributed by atoms with Crippen molar-refractivity contribution in [2.45, 2.75) is 6.92 Å². The van der Waals surface area contributed by atoms with Crippen molar-refractivity contribution in [2.24, 2.45) is 0 Å². The van der Waals surface area contributed by atoms with Crippen molar-refractivity contribution in [3.8, 4) is 0 Å². The number of hydrogen-bond donors (Lipinski definition) is 1. The van der Waals surface area contributed by atoms with Crippen LogP contribution in [0, 0.1) is 17.0 Å². The molecule has 0 aromatic heterocycles. The number of aryl methyl sites for hydroxylation is 1. The summed E-state index contributed by atoms with van der Waals surface area (Å²) >= 11 is 4.94. The Balaban J connectivity index is 1.76. The Morgan fingerprint density at radius 3 is 2.46 bits per heavy atom. The second-order valence-corrected chi connectivity index (χ2v) is 8.39. The number of carbonyl (C=O) groups excluding carboxylic acids is 2. The van der Waals surface area contributed by atoms with E-state index in [-0.39, 0.29) is 17.2 Å². The van der Waals surface area contributed by atoms with Crippen molar-refractivity contribution in [3.05, 3.63) is 67.7 Å². The van der Waals surface area contributed by atoms with Gasteiger partial charge in [-0.25, -0.2) is 0 Å². The minimum atomic E-state index is -0.550. The second-order valence-electron chi connectivity index (χ2n) is 6.31. The highest BCUT2D eigenvalue weighted by atomic mass is 79.9. The van der Waals surface area contributed by atoms with Crippen LogP contribution >= 0.6 is 27.7 Å². The Morgan fingerprint density at radius 1 is 1.14 bits per heavy atom. The van der Waals surface area contributed by atoms with Crippen molar-refractivity contribution >= 4 is 50.9 Å². The van der Waals surface area contributed by atoms with Crippen LogP contribution in [0.3, 0.4) is 0 Å². The highest BCUT2D eigenvalue weighted by Crippen LogP contribution is 2.26. The first kappa shape index (κ1) is 20.3. The van der Waals surface area contributed by atoms with Gasteiger partial charge in [-0.1, -0.05) is 0 Å². The van der Waals surface area contributed by atoms with E-state index in [1.54, 1.807) is 18.2 Å². The zero-order valence-corrected chi connectivity index (χ0v) is 17.5. The summed E-state index contributed by atoms with van der Waals surface area (Å²) in [5.74, 6) is 1.42. The van der Waals surface area contributed by atoms with Crippen molar-refractivity contribution in [1.29, 1.82) is 0 Å². The van der Waals surface area contributed by atoms with Crippen LogP contribution in [0.15, 0.2) is 40.9 Å². The number of nitro groups is 1. The zero-order chi connectivity index (χ0) is 20.3. The third-order valence-electron chi connectivity index (χ3n) is 4.42. The van der Waals surface area contributed by atoms with Crippen LogP contribution in [0.2, 0.25) is 0 Å². The fraction of sp³-hybridized carbons (Fsp3) is 0.263. The summed E-state index contributed by atoms with van der Waals surface area (Å²) in [4.78, 5) is 37.4. The smallest absolute Gasteiger partial charge is 0.284 e. The molecule has 3 rings (SSSR count). The van der Waals surface area contributed by atoms with E-state index < -0.39 is 10.8 Å². The van der Waals surface area contributed by atoms with E-state index >= 15 is 0 Å². The average molecular weight is 464 g/mol. The summed E-state index contributed by atoms with van der Waals surface area (Å²) in [6.45, 7) is 3.29. The third-order valence-corrected chi connectivity index (χ3v) is 6.04. The summed E-state index contributed by atoms with van der Waals surface area (Å²) in [6, 6.07) is 9.33. The summed E-state index contributed by atoms with van der Waals surface area (Å²) in [5.41, 5.74) is 1.89. The normalized spacial score (nSPS) is 13.9. The molecule has 0 radical (unpaired) electrons. The quantitative estimate of drug-likeness (QED) is 0.543. The lowest BCUT2D eigenvalue weighted by molar-refractivity contribution is -0.385. The molecular weight excluding hydrogens is 446 g/mol. The molecule has 9 heteroatoms. The van der Waals surface area contributed by atoms with E-state index in [0.29, 0.717) is 15.7 Å². The summed E-state index contributed by atoms with van der Waals surface area (Å²) in [7, 11) is 0. The summed E-state index contributed by atoms with van der Waals surface area (Å²) in [5, 5.41) is 13.8. The Hall–Kier alpha value is -2.39. The van der Waals surface area contributed by atoms with Crippen molar-refractivity contribution in [3.63, 3.8) is 0 Å². The molecule has 1 N–H and O–H groups in total. The molecule has 1 aliphatic heterocycles. The molecule has 0 aliphatic carbocycles. The number of carbonyl (C=O) groups is 2. The van der Waals surface area contributed by atoms with Crippen LogP contribution in [-0.4, -0.2) is 46.2 Å². The molecular formula is C19H18BrN3O4S. The number of benzene rings is 2. The van der Waals surface area contributed by atoms with Gasteiger partial charge in [-0.05, 0) is 58.7 Å². The fourth-order valence-electron chi connectivity index (χ4n) is 2.87. The van der Waals surface area contributed by atoms with Gasteiger partial charge in [0.05, 0.1) is 9.40 Å². The second kappa shape index (κ2) is 8.74. The lowest BCUT2D eigenvalue weighted by Gasteiger charge is -2.26. The average Bonchev–Trinajstić information content (AvgIpc) is 2.69. The maximum absolute atomic E-state index is 12.6. The molecule has 0 bridgehead atoms. The van der Waals surface area contributed by atoms with Gasteiger partial charge in [0.2, 0.25) is 0 Å². The summed E-state index contributed by atoms with van der Waals surface area (Å²) in [6.07, 6.45) is 0. The maximum atomic E-state index is 12.6. The molecule has 28 heavy (non-hydrogen) atoms. The van der Waals surface area contributed by atoms with Gasteiger partial charge in [0.1, 0.15) is 0 Å². The minimum absolute atomic E-state index is 0.00943. The van der Waals surface area contributed by atoms with E-state index in [2.05, 4.69) is 21.2 Å². The van der Waals surface area contributed by atoms with Gasteiger partial charge in [0.15, 0.2) is 0 Å². The Kier molecular flexibility index (Phi) is 6.35. The molecule has 1 saturated heterocycles. The number of nitrogens with zero attached hydrogens (tertiary/aromatic N) is 2. The third kappa shape index (κ3) is 4.53. The van der Waals surface area contributed by atoms with Crippen LogP contribution in [-0.2, 0) is 0 Å². The first-order valence-corrected chi connectivity index (χ1v) is 10.5. The fourth-order valence-corrected chi connectivity index (χ4v) is 4.17. The van der Waals surface area contributed by atoms with Crippen LogP contribution in [0.25, 0.3) is 0 Å². The van der Waals surface area contributed by atoms with Gasteiger partial charge in [0.25, 0.3) is 17.5 Å². The lowest BCUT2D eigenvalue weighted by atomic mass is 10.1. The van der Waals surface area contributed by atoms with Crippen molar-refractivity contribution in [2.75, 3.05) is 29.9 Å². The van der Waals surface area contributed by atoms with Crippen molar-refractivity contribution in [1.82, 2.24) is 4.90 Å². The Bertz CT molecular complexity index is 945. The van der Waals surface area contributed by atoms with Crippen LogP contribution in [0.1, 0.15) is 26.3 Å². The number of thioether (sulfide) groups is 1. The van der Waals surface area contributed by atoms with E-state index in [4.69, 9.17) is 0 Å². The molecule has 1 aliphatic rings. The zero-order valence-electron chi connectivity index (χ0n) is 15.1. The number of nitrogens with one attached hydrogen (secondary N) is 1. The highest BCUT2D eigenvalue weighted by molar-refractivity contribution is 9.10. The Morgan fingerprint density at radius 2 is 1.82 bits per heavy atom. The number of anilines is 1. The van der Waals surface area contributed by atoms with Gasteiger partial charge in [-0.2, -0.15) is 11.8 Å². The first-order valence-electron chi connectivity index (χ1n) is 8.60. The Labute approximate surface area is 174 Å². The number of amides is 2. The van der Waals surface area contributed by atoms with Gasteiger partial charge < -0.3 is 10.2 Å². The summed E-state index contributed by atoms with van der Waals surface area (Å²) < 4.78 is 0.309. The molecule has 0 saturated carbocycles. The highest BCUT2D eigenvalue weighted by Gasteiger charge is 2.20. The molecule has 2 aromatic rings. The molecule has 0 spiro atoms. The maximum Gasteiger partial charge on any atom is 0.284 e. The predicted molar refractivity (Wildman–Crippen MR) is 113 cm³/mol. The van der Waals surface area contributed by atoms with Crippen molar-refractivity contribution < 1.29 is 14.5 Å². The van der Waals surface area contributed by atoms with E-state index in [1.165, 1.54) is 18.2 Å². The standard InChI is InChI=1S/C19H18BrN3O4S/c1-12-10-14(19(25)22-6-8-28-9-7-22)3-5-16(12)21-18(24)13-2-4-15(20)17(11-13)23(26)27/h2-5,10-11H,6-9H2,1H3,(H,21,24). The molecule has 1 fully saturated rings. The minimum Gasteiger partial charge on any atom is -0.337 e. The monoisotopic (exact) mass is 463 g/mol. The predicted octanol–water partition coefficient (Wildman–Crippen LogP) is 4.11. The molecule has 146 valence electrons. The van der Waals surface area contributed by atoms with Crippen LogP contribution in [0.4, 0.5) is 11.4 Å². The van der Waals surface area contributed by atoms with Crippen LogP contribution in [0.5, 0.6) is 0 Å². The van der Waals surface area contributed by atoms with Gasteiger partial charge in [-0.15, -0.1) is 0 Å². The largest absolute Gasteiger partial charge is 0.337 e. The van der Waals surface area contributed by atoms with E-state index in [9.17, 15) is 19.7 Å². The topological polar surface area (TPSA) is 92.6 Å². The molecule has 2 aromatic carbocycles. The van der Waals surface area contributed by atoms with Gasteiger partial charge in [-0.3, -0.25) is 19.7 Å². The van der Waals surface area contributed by atoms with Crippen LogP contribution < -0.4 is 5.32 Å². The number of hydrogen-bond acceptors (Lipinski definition) is 5.